The summed E-state index contributed by atoms with van der Waals surface area (Å²) in [5, 5.41) is 0. The van der Waals surface area contributed by atoms with E-state index in [0.717, 1.165) is 6.54 Å². The monoisotopic (exact) mass is 234 g/mol. The largest absolute Gasteiger partial charge is 0.374 e. The van der Waals surface area contributed by atoms with E-state index in [1.54, 1.807) is 0 Å². The topological polar surface area (TPSA) is 29.3 Å². The third-order valence-corrected chi connectivity index (χ3v) is 3.44. The molecule has 0 aromatic heterocycles. The van der Waals surface area contributed by atoms with Crippen LogP contribution in [0.3, 0.4) is 0 Å². The molecule has 0 spiro atoms. The zero-order valence-corrected chi connectivity index (χ0v) is 12.1. The van der Waals surface area contributed by atoms with Crippen LogP contribution < -0.4 is 10.6 Å². The molecule has 0 aliphatic heterocycles. The van der Waals surface area contributed by atoms with E-state index in [1.807, 2.05) is 0 Å². The van der Waals surface area contributed by atoms with Gasteiger partial charge in [-0.15, -0.1) is 0 Å². The van der Waals surface area contributed by atoms with Gasteiger partial charge in [0.25, 0.3) is 0 Å². The van der Waals surface area contributed by atoms with E-state index >= 15 is 0 Å². The Kier molecular flexibility index (Phi) is 4.21. The maximum absolute atomic E-state index is 5.80. The predicted molar refractivity (Wildman–Crippen MR) is 76.8 cm³/mol. The number of nitrogens with two attached hydrogens (primary N) is 1. The van der Waals surface area contributed by atoms with E-state index < -0.39 is 0 Å². The molecule has 0 unspecified atom stereocenters. The molecule has 1 aromatic rings. The molecule has 0 amide bonds. The third-order valence-electron chi connectivity index (χ3n) is 3.44. The quantitative estimate of drug-likeness (QED) is 0.867. The van der Waals surface area contributed by atoms with Crippen molar-refractivity contribution in [3.8, 4) is 0 Å². The summed E-state index contributed by atoms with van der Waals surface area (Å²) >= 11 is 0. The summed E-state index contributed by atoms with van der Waals surface area (Å²) in [5.41, 5.74) is 11.3. The van der Waals surface area contributed by atoms with Gasteiger partial charge in [-0.25, -0.2) is 0 Å². The zero-order valence-electron chi connectivity index (χ0n) is 12.1. The highest BCUT2D eigenvalue weighted by molar-refractivity contribution is 5.56. The smallest absolute Gasteiger partial charge is 0.0396 e. The first-order chi connectivity index (χ1) is 7.76. The molecule has 1 rings (SSSR count). The van der Waals surface area contributed by atoms with E-state index in [2.05, 4.69) is 58.7 Å². The van der Waals surface area contributed by atoms with E-state index in [4.69, 9.17) is 5.73 Å². The van der Waals surface area contributed by atoms with Crippen molar-refractivity contribution in [2.75, 3.05) is 25.0 Å². The number of benzene rings is 1. The Morgan fingerprint density at radius 2 is 1.59 bits per heavy atom. The maximum atomic E-state index is 5.80. The molecule has 0 fully saturated rings. The lowest BCUT2D eigenvalue weighted by atomic mass is 9.92. The van der Waals surface area contributed by atoms with Crippen LogP contribution >= 0.6 is 0 Å². The second kappa shape index (κ2) is 5.09. The van der Waals surface area contributed by atoms with Gasteiger partial charge < -0.3 is 10.6 Å². The fourth-order valence-corrected chi connectivity index (χ4v) is 2.15. The minimum atomic E-state index is 0.153. The molecule has 2 heteroatoms. The highest BCUT2D eigenvalue weighted by Crippen LogP contribution is 2.26. The molecule has 1 aromatic carbocycles. The Balaban J connectivity index is 2.97. The van der Waals surface area contributed by atoms with Gasteiger partial charge in [-0.3, -0.25) is 0 Å². The van der Waals surface area contributed by atoms with Crippen molar-refractivity contribution in [2.45, 2.75) is 34.6 Å². The van der Waals surface area contributed by atoms with Crippen LogP contribution in [0.15, 0.2) is 12.1 Å². The van der Waals surface area contributed by atoms with Crippen LogP contribution in [0.5, 0.6) is 0 Å². The predicted octanol–water partition coefficient (Wildman–Crippen LogP) is 3.03. The molecule has 0 saturated heterocycles. The number of aryl methyl sites for hydroxylation is 3. The molecular weight excluding hydrogens is 208 g/mol. The van der Waals surface area contributed by atoms with Crippen molar-refractivity contribution in [1.29, 1.82) is 0 Å². The van der Waals surface area contributed by atoms with Gasteiger partial charge in [0.1, 0.15) is 0 Å². The SMILES string of the molecule is Cc1cc(C)c(N(C)CC(C)(C)CN)cc1C. The second-order valence-electron chi connectivity index (χ2n) is 5.95. The first-order valence-electron chi connectivity index (χ1n) is 6.26. The average molecular weight is 234 g/mol. The standard InChI is InChI=1S/C15H26N2/c1-11-7-13(3)14(8-12(11)2)17(6)10-15(4,5)9-16/h7-8H,9-10,16H2,1-6H3. The van der Waals surface area contributed by atoms with Gasteiger partial charge in [-0.05, 0) is 55.5 Å². The highest BCUT2D eigenvalue weighted by atomic mass is 15.1. The van der Waals surface area contributed by atoms with E-state index in [0.29, 0.717) is 6.54 Å². The molecule has 0 aliphatic rings. The minimum Gasteiger partial charge on any atom is -0.374 e. The fraction of sp³-hybridized carbons (Fsp3) is 0.600. The number of hydrogen-bond acceptors (Lipinski definition) is 2. The Hall–Kier alpha value is -1.02. The molecule has 0 atom stereocenters. The summed E-state index contributed by atoms with van der Waals surface area (Å²) in [7, 11) is 2.15. The molecular formula is C15H26N2. The molecule has 96 valence electrons. The van der Waals surface area contributed by atoms with Gasteiger partial charge in [0, 0.05) is 19.3 Å². The van der Waals surface area contributed by atoms with Crippen LogP contribution in [-0.2, 0) is 0 Å². The van der Waals surface area contributed by atoms with Gasteiger partial charge in [0.05, 0.1) is 0 Å². The van der Waals surface area contributed by atoms with Crippen molar-refractivity contribution in [1.82, 2.24) is 0 Å². The number of rotatable bonds is 4. The van der Waals surface area contributed by atoms with Crippen LogP contribution in [0.2, 0.25) is 0 Å². The van der Waals surface area contributed by atoms with Crippen LogP contribution in [0.25, 0.3) is 0 Å². The lowest BCUT2D eigenvalue weighted by Gasteiger charge is -2.31. The third kappa shape index (κ3) is 3.47. The van der Waals surface area contributed by atoms with Gasteiger partial charge in [0.15, 0.2) is 0 Å². The number of hydrogen-bond donors (Lipinski definition) is 1. The van der Waals surface area contributed by atoms with Gasteiger partial charge in [0.2, 0.25) is 0 Å². The molecule has 0 aliphatic carbocycles. The Labute approximate surface area is 106 Å². The van der Waals surface area contributed by atoms with Gasteiger partial charge in [-0.2, -0.15) is 0 Å². The van der Waals surface area contributed by atoms with Crippen molar-refractivity contribution in [2.24, 2.45) is 11.1 Å². The minimum absolute atomic E-state index is 0.153. The van der Waals surface area contributed by atoms with E-state index in [1.165, 1.54) is 22.4 Å². The zero-order chi connectivity index (χ0) is 13.2. The fourth-order valence-electron chi connectivity index (χ4n) is 2.15. The van der Waals surface area contributed by atoms with Crippen molar-refractivity contribution >= 4 is 5.69 Å². The average Bonchev–Trinajstić information content (AvgIpc) is 2.22. The Morgan fingerprint density at radius 3 is 2.12 bits per heavy atom. The van der Waals surface area contributed by atoms with Gasteiger partial charge in [-0.1, -0.05) is 19.9 Å². The normalized spacial score (nSPS) is 11.7. The Bertz CT molecular complexity index is 394. The highest BCUT2D eigenvalue weighted by Gasteiger charge is 2.19. The van der Waals surface area contributed by atoms with Gasteiger partial charge >= 0.3 is 0 Å². The first-order valence-corrected chi connectivity index (χ1v) is 6.26. The lowest BCUT2D eigenvalue weighted by Crippen LogP contribution is -2.37. The second-order valence-corrected chi connectivity index (χ2v) is 5.95. The van der Waals surface area contributed by atoms with E-state index in [-0.39, 0.29) is 5.41 Å². The summed E-state index contributed by atoms with van der Waals surface area (Å²) < 4.78 is 0. The summed E-state index contributed by atoms with van der Waals surface area (Å²) in [6.07, 6.45) is 0. The molecule has 2 nitrogen and oxygen atoms in total. The van der Waals surface area contributed by atoms with Crippen molar-refractivity contribution in [3.05, 3.63) is 28.8 Å². The van der Waals surface area contributed by atoms with Crippen LogP contribution in [0, 0.1) is 26.2 Å². The van der Waals surface area contributed by atoms with Crippen LogP contribution in [0.1, 0.15) is 30.5 Å². The molecule has 0 heterocycles. The first kappa shape index (κ1) is 14.0. The Morgan fingerprint density at radius 1 is 1.06 bits per heavy atom. The molecule has 0 radical (unpaired) electrons. The molecule has 2 N–H and O–H groups in total. The summed E-state index contributed by atoms with van der Waals surface area (Å²) in [5.74, 6) is 0. The molecule has 0 saturated carbocycles. The van der Waals surface area contributed by atoms with E-state index in [9.17, 15) is 0 Å². The molecule has 17 heavy (non-hydrogen) atoms. The van der Waals surface area contributed by atoms with Crippen LogP contribution in [-0.4, -0.2) is 20.1 Å². The van der Waals surface area contributed by atoms with Crippen molar-refractivity contribution in [3.63, 3.8) is 0 Å². The molecule has 0 bridgehead atoms. The summed E-state index contributed by atoms with van der Waals surface area (Å²) in [6.45, 7) is 12.6. The van der Waals surface area contributed by atoms with Crippen LogP contribution in [0.4, 0.5) is 5.69 Å². The maximum Gasteiger partial charge on any atom is 0.0396 e. The lowest BCUT2D eigenvalue weighted by molar-refractivity contribution is 0.385. The summed E-state index contributed by atoms with van der Waals surface area (Å²) in [4.78, 5) is 2.31. The number of anilines is 1. The van der Waals surface area contributed by atoms with Crippen molar-refractivity contribution < 1.29 is 0 Å². The summed E-state index contributed by atoms with van der Waals surface area (Å²) in [6, 6.07) is 4.54. The number of nitrogens with zero attached hydrogens (tertiary/aromatic N) is 1.